The van der Waals surface area contributed by atoms with Crippen LogP contribution in [0.15, 0.2) is 6.20 Å². The summed E-state index contributed by atoms with van der Waals surface area (Å²) in [5, 5.41) is 6.48. The molecule has 1 amide bonds. The predicted octanol–water partition coefficient (Wildman–Crippen LogP) is 0.526. The summed E-state index contributed by atoms with van der Waals surface area (Å²) in [6.45, 7) is 4.58. The van der Waals surface area contributed by atoms with E-state index in [0.29, 0.717) is 6.42 Å². The first-order valence-electron chi connectivity index (χ1n) is 7.90. The minimum absolute atomic E-state index is 0.0635. The molecule has 0 aromatic carbocycles. The van der Waals surface area contributed by atoms with Crippen molar-refractivity contribution in [1.29, 1.82) is 0 Å². The summed E-state index contributed by atoms with van der Waals surface area (Å²) in [5.74, 6) is 0.878. The highest BCUT2D eigenvalue weighted by molar-refractivity contribution is 5.86. The van der Waals surface area contributed by atoms with Crippen LogP contribution in [0.25, 0.3) is 0 Å². The van der Waals surface area contributed by atoms with E-state index >= 15 is 0 Å². The Morgan fingerprint density at radius 1 is 1.55 bits per heavy atom. The smallest absolute Gasteiger partial charge is 0.240 e. The van der Waals surface area contributed by atoms with Gasteiger partial charge < -0.3 is 15.4 Å². The molecular weight excluding hydrogens is 280 g/mol. The first-order chi connectivity index (χ1) is 10.5. The Bertz CT molecular complexity index is 577. The summed E-state index contributed by atoms with van der Waals surface area (Å²) in [4.78, 5) is 21.4. The largest absolute Gasteiger partial charge is 0.380 e. The Balaban J connectivity index is 1.62. The van der Waals surface area contributed by atoms with Crippen LogP contribution in [0, 0.1) is 6.92 Å². The van der Waals surface area contributed by atoms with E-state index in [4.69, 9.17) is 4.74 Å². The Labute approximate surface area is 131 Å². The third-order valence-corrected chi connectivity index (χ3v) is 4.80. The molecular formula is C16H24N4O2. The lowest BCUT2D eigenvalue weighted by molar-refractivity contribution is -0.127. The monoisotopic (exact) mass is 304 g/mol. The topological polar surface area (TPSA) is 76.1 Å². The summed E-state index contributed by atoms with van der Waals surface area (Å²) in [7, 11) is 1.69. The van der Waals surface area contributed by atoms with Gasteiger partial charge in [0.05, 0.1) is 11.6 Å². The van der Waals surface area contributed by atoms with Crippen LogP contribution in [-0.4, -0.2) is 47.2 Å². The lowest BCUT2D eigenvalue weighted by Gasteiger charge is -2.29. The quantitative estimate of drug-likeness (QED) is 0.852. The third kappa shape index (κ3) is 2.98. The van der Waals surface area contributed by atoms with Crippen molar-refractivity contribution in [2.75, 3.05) is 13.7 Å². The van der Waals surface area contributed by atoms with E-state index in [0.717, 1.165) is 42.9 Å². The molecule has 0 saturated carbocycles. The van der Waals surface area contributed by atoms with Gasteiger partial charge in [-0.15, -0.1) is 0 Å². The van der Waals surface area contributed by atoms with Gasteiger partial charge in [-0.25, -0.2) is 9.97 Å². The molecule has 6 heteroatoms. The second-order valence-electron chi connectivity index (χ2n) is 6.58. The number of nitrogens with one attached hydrogen (secondary N) is 2. The zero-order valence-corrected chi connectivity index (χ0v) is 13.5. The van der Waals surface area contributed by atoms with Crippen LogP contribution in [0.2, 0.25) is 0 Å². The fourth-order valence-electron chi connectivity index (χ4n) is 3.35. The van der Waals surface area contributed by atoms with Gasteiger partial charge in [0.1, 0.15) is 5.82 Å². The first-order valence-corrected chi connectivity index (χ1v) is 7.90. The van der Waals surface area contributed by atoms with E-state index in [-0.39, 0.29) is 18.1 Å². The van der Waals surface area contributed by atoms with E-state index in [1.54, 1.807) is 7.11 Å². The number of rotatable bonds is 3. The van der Waals surface area contributed by atoms with E-state index < -0.39 is 5.54 Å². The minimum Gasteiger partial charge on any atom is -0.380 e. The predicted molar refractivity (Wildman–Crippen MR) is 82.5 cm³/mol. The molecule has 3 unspecified atom stereocenters. The lowest BCUT2D eigenvalue weighted by atomic mass is 9.91. The molecule has 2 N–H and O–H groups in total. The second kappa shape index (κ2) is 5.93. The van der Waals surface area contributed by atoms with Crippen LogP contribution in [0.4, 0.5) is 0 Å². The molecule has 22 heavy (non-hydrogen) atoms. The molecule has 1 aliphatic carbocycles. The fraction of sp³-hybridized carbons (Fsp3) is 0.688. The van der Waals surface area contributed by atoms with Gasteiger partial charge in [0.25, 0.3) is 0 Å². The van der Waals surface area contributed by atoms with E-state index in [1.807, 2.05) is 20.0 Å². The molecule has 1 saturated heterocycles. The van der Waals surface area contributed by atoms with Crippen molar-refractivity contribution in [3.05, 3.63) is 23.3 Å². The molecule has 0 spiro atoms. The summed E-state index contributed by atoms with van der Waals surface area (Å²) >= 11 is 0. The third-order valence-electron chi connectivity index (χ3n) is 4.80. The van der Waals surface area contributed by atoms with Crippen molar-refractivity contribution >= 4 is 5.91 Å². The molecule has 3 rings (SSSR count). The summed E-state index contributed by atoms with van der Waals surface area (Å²) < 4.78 is 5.35. The van der Waals surface area contributed by atoms with Gasteiger partial charge in [-0.2, -0.15) is 0 Å². The molecule has 2 heterocycles. The van der Waals surface area contributed by atoms with Crippen LogP contribution in [0.3, 0.4) is 0 Å². The molecule has 2 aliphatic rings. The number of ether oxygens (including phenoxy) is 1. The Kier molecular flexibility index (Phi) is 4.14. The van der Waals surface area contributed by atoms with Crippen LogP contribution in [0.1, 0.15) is 36.8 Å². The van der Waals surface area contributed by atoms with Crippen molar-refractivity contribution < 1.29 is 9.53 Å². The number of hydrogen-bond donors (Lipinski definition) is 2. The van der Waals surface area contributed by atoms with E-state index in [2.05, 4.69) is 20.6 Å². The molecule has 1 aliphatic heterocycles. The van der Waals surface area contributed by atoms with Gasteiger partial charge in [0.2, 0.25) is 5.91 Å². The van der Waals surface area contributed by atoms with Crippen LogP contribution in [-0.2, 0) is 22.4 Å². The molecule has 0 radical (unpaired) electrons. The molecule has 0 bridgehead atoms. The highest BCUT2D eigenvalue weighted by Crippen LogP contribution is 2.23. The molecule has 1 aromatic rings. The van der Waals surface area contributed by atoms with E-state index in [1.165, 1.54) is 0 Å². The fourth-order valence-corrected chi connectivity index (χ4v) is 3.35. The second-order valence-corrected chi connectivity index (χ2v) is 6.58. The number of carbonyl (C=O) groups excluding carboxylic acids is 1. The number of hydrogen-bond acceptors (Lipinski definition) is 5. The first kappa shape index (κ1) is 15.4. The van der Waals surface area contributed by atoms with Crippen molar-refractivity contribution in [1.82, 2.24) is 20.6 Å². The summed E-state index contributed by atoms with van der Waals surface area (Å²) in [6.07, 6.45) is 5.35. The zero-order chi connectivity index (χ0) is 15.7. The lowest BCUT2D eigenvalue weighted by Crippen LogP contribution is -2.54. The van der Waals surface area contributed by atoms with Crippen molar-refractivity contribution in [3.63, 3.8) is 0 Å². The van der Waals surface area contributed by atoms with Gasteiger partial charge in [-0.3, -0.25) is 4.79 Å². The van der Waals surface area contributed by atoms with Gasteiger partial charge in [0.15, 0.2) is 0 Å². The maximum atomic E-state index is 12.6. The van der Waals surface area contributed by atoms with Gasteiger partial charge in [-0.05, 0) is 38.7 Å². The van der Waals surface area contributed by atoms with Crippen LogP contribution in [0.5, 0.6) is 0 Å². The highest BCUT2D eigenvalue weighted by Gasteiger charge is 2.41. The Hall–Kier alpha value is -1.53. The number of aryl methyl sites for hydroxylation is 2. The normalized spacial score (nSPS) is 30.9. The van der Waals surface area contributed by atoms with Gasteiger partial charge >= 0.3 is 0 Å². The Morgan fingerprint density at radius 2 is 2.36 bits per heavy atom. The number of amides is 1. The maximum Gasteiger partial charge on any atom is 0.240 e. The Morgan fingerprint density at radius 3 is 3.09 bits per heavy atom. The number of methoxy groups -OCH3 is 1. The minimum atomic E-state index is -0.537. The van der Waals surface area contributed by atoms with Crippen molar-refractivity contribution in [2.24, 2.45) is 0 Å². The number of carbonyl (C=O) groups is 1. The van der Waals surface area contributed by atoms with Gasteiger partial charge in [0, 0.05) is 38.0 Å². The molecule has 1 fully saturated rings. The molecule has 3 atom stereocenters. The SMILES string of the molecule is COC1CNC(C)(C(=O)NC2CCc3nc(C)ncc3C2)C1. The van der Waals surface area contributed by atoms with Gasteiger partial charge in [-0.1, -0.05) is 0 Å². The number of fused-ring (bicyclic) bond motifs is 1. The summed E-state index contributed by atoms with van der Waals surface area (Å²) in [5.41, 5.74) is 1.74. The number of aromatic nitrogens is 2. The highest BCUT2D eigenvalue weighted by atomic mass is 16.5. The average molecular weight is 304 g/mol. The standard InChI is InChI=1S/C16H24N4O2/c1-10-17-8-11-6-12(4-5-14(11)19-10)20-15(21)16(2)7-13(22-3)9-18-16/h8,12-13,18H,4-7,9H2,1-3H3,(H,20,21). The van der Waals surface area contributed by atoms with Crippen molar-refractivity contribution in [2.45, 2.75) is 57.2 Å². The van der Waals surface area contributed by atoms with E-state index in [9.17, 15) is 4.79 Å². The zero-order valence-electron chi connectivity index (χ0n) is 13.5. The molecule has 6 nitrogen and oxygen atoms in total. The molecule has 1 aromatic heterocycles. The summed E-state index contributed by atoms with van der Waals surface area (Å²) in [6, 6.07) is 0.159. The average Bonchev–Trinajstić information content (AvgIpc) is 2.90. The van der Waals surface area contributed by atoms with Crippen molar-refractivity contribution in [3.8, 4) is 0 Å². The molecule has 120 valence electrons. The maximum absolute atomic E-state index is 12.6. The van der Waals surface area contributed by atoms with Crippen LogP contribution < -0.4 is 10.6 Å². The van der Waals surface area contributed by atoms with Crippen LogP contribution >= 0.6 is 0 Å². The number of nitrogens with zero attached hydrogens (tertiary/aromatic N) is 2.